The normalized spacial score (nSPS) is 52.3. The van der Waals surface area contributed by atoms with Crippen LogP contribution < -0.4 is 45.9 Å². The van der Waals surface area contributed by atoms with Crippen molar-refractivity contribution >= 4 is 0 Å². The molecule has 6 rings (SSSR count). The van der Waals surface area contributed by atoms with Crippen molar-refractivity contribution in [3.05, 3.63) is 0 Å². The molecule has 0 aromatic carbocycles. The van der Waals surface area contributed by atoms with Gasteiger partial charge in [0, 0.05) is 36.8 Å². The molecule has 0 amide bonds. The van der Waals surface area contributed by atoms with Gasteiger partial charge in [-0.2, -0.15) is 0 Å². The average Bonchev–Trinajstić information content (AvgIpc) is 3.75. The number of aliphatic hydroxyl groups excluding tert-OH is 12. The molecule has 0 radical (unpaired) electrons. The van der Waals surface area contributed by atoms with Crippen LogP contribution in [0.4, 0.5) is 0 Å². The Morgan fingerprint density at radius 2 is 0.910 bits per heavy atom. The zero-order chi connectivity index (χ0) is 49.5. The van der Waals surface area contributed by atoms with Crippen LogP contribution in [-0.4, -0.2) is 271 Å². The van der Waals surface area contributed by atoms with E-state index in [1.54, 1.807) is 6.92 Å². The molecule has 28 N–H and O–H groups in total. The van der Waals surface area contributed by atoms with E-state index in [4.69, 9.17) is 93.5 Å². The second-order valence-corrected chi connectivity index (χ2v) is 18.3. The van der Waals surface area contributed by atoms with Crippen molar-refractivity contribution < 1.29 is 109 Å². The van der Waals surface area contributed by atoms with Crippen LogP contribution in [0.5, 0.6) is 0 Å². The lowest BCUT2D eigenvalue weighted by atomic mass is 9.84. The summed E-state index contributed by atoms with van der Waals surface area (Å²) < 4.78 is 46.9. The average molecular weight is 981 g/mol. The molecule has 6 aliphatic rings. The van der Waals surface area contributed by atoms with Crippen molar-refractivity contribution in [2.45, 2.75) is 209 Å². The minimum absolute atomic E-state index is 0.0164. The summed E-state index contributed by atoms with van der Waals surface area (Å²) in [5.74, 6) is 0. The summed E-state index contributed by atoms with van der Waals surface area (Å²) >= 11 is 0. The Kier molecular flexibility index (Phi) is 19.0. The molecular formula is C37H72N8O22. The maximum absolute atomic E-state index is 11.3. The molecule has 16 unspecified atom stereocenters. The number of hydrogen-bond donors (Lipinski definition) is 20. The van der Waals surface area contributed by atoms with E-state index >= 15 is 0 Å². The van der Waals surface area contributed by atoms with E-state index in [1.165, 1.54) is 0 Å². The first kappa shape index (κ1) is 55.1. The van der Waals surface area contributed by atoms with E-state index in [2.05, 4.69) is 0 Å². The molecule has 4 saturated heterocycles. The molecule has 0 aromatic heterocycles. The standard InChI is InChI=1S/C37H72N8O22/c1-7(39)26-23(55)24(56)36(60-26)65-32-17(49)8(40)2-10(42)27(32)62-35-16(45)20(52)22(54)30(64-35)13(48)6-58-67-31-14(4-38)59-37(25(31)57)66-33-18(50)9(41)3-11(43)28(33)61-34-15(44)19(51)21(53)29(63-34)12(47)5-46/h7-37,46-57H,2-6,38-45H2,1H3/t7-,8+,9+,10?,11?,12+,13+,14+,15?,16?,17?,18?,19?,20?,21-,22-,23?,24?,25?,26+,27+,28+,29?,30?,31?,32?,33?,34-,35-,36-,37-/m0/s1. The lowest BCUT2D eigenvalue weighted by Gasteiger charge is -2.47. The molecule has 4 heterocycles. The van der Waals surface area contributed by atoms with Crippen molar-refractivity contribution in [3.8, 4) is 0 Å². The molecule has 0 bridgehead atoms. The fraction of sp³-hybridized carbons (Fsp3) is 1.00. The summed E-state index contributed by atoms with van der Waals surface area (Å²) in [4.78, 5) is 10.7. The summed E-state index contributed by atoms with van der Waals surface area (Å²) in [6, 6.07) is -7.56. The molecular weight excluding hydrogens is 908 g/mol. The van der Waals surface area contributed by atoms with Gasteiger partial charge in [0.2, 0.25) is 0 Å². The van der Waals surface area contributed by atoms with Crippen molar-refractivity contribution in [2.75, 3.05) is 19.8 Å². The van der Waals surface area contributed by atoms with Gasteiger partial charge in [-0.05, 0) is 19.8 Å². The fourth-order valence-corrected chi connectivity index (χ4v) is 9.26. The summed E-state index contributed by atoms with van der Waals surface area (Å²) in [5.41, 5.74) is 49.1. The van der Waals surface area contributed by atoms with E-state index in [9.17, 15) is 61.3 Å². The van der Waals surface area contributed by atoms with Crippen molar-refractivity contribution in [1.29, 1.82) is 0 Å². The Bertz CT molecular complexity index is 1550. The Morgan fingerprint density at radius 1 is 0.493 bits per heavy atom. The molecule has 30 heteroatoms. The Balaban J connectivity index is 1.08. The highest BCUT2D eigenvalue weighted by molar-refractivity contribution is 5.04. The predicted octanol–water partition coefficient (Wildman–Crippen LogP) is -13.2. The first-order valence-corrected chi connectivity index (χ1v) is 22.1. The van der Waals surface area contributed by atoms with Crippen LogP contribution in [0.15, 0.2) is 0 Å². The molecule has 67 heavy (non-hydrogen) atoms. The number of rotatable bonds is 17. The van der Waals surface area contributed by atoms with Gasteiger partial charge in [-0.25, -0.2) is 9.78 Å². The van der Waals surface area contributed by atoms with Gasteiger partial charge in [0.25, 0.3) is 0 Å². The maximum atomic E-state index is 11.3. The minimum atomic E-state index is -1.85. The van der Waals surface area contributed by atoms with Crippen LogP contribution in [0.2, 0.25) is 0 Å². The fourth-order valence-electron chi connectivity index (χ4n) is 9.26. The van der Waals surface area contributed by atoms with Crippen molar-refractivity contribution in [3.63, 3.8) is 0 Å². The van der Waals surface area contributed by atoms with Crippen molar-refractivity contribution in [1.82, 2.24) is 0 Å². The van der Waals surface area contributed by atoms with Gasteiger partial charge in [0.05, 0.1) is 30.9 Å². The van der Waals surface area contributed by atoms with Crippen LogP contribution in [-0.2, 0) is 47.7 Å². The molecule has 2 saturated carbocycles. The first-order valence-electron chi connectivity index (χ1n) is 22.1. The van der Waals surface area contributed by atoms with Gasteiger partial charge >= 0.3 is 0 Å². The number of nitrogens with two attached hydrogens (primary N) is 8. The van der Waals surface area contributed by atoms with E-state index in [-0.39, 0.29) is 19.4 Å². The van der Waals surface area contributed by atoms with E-state index in [0.717, 1.165) is 0 Å². The highest BCUT2D eigenvalue weighted by Crippen LogP contribution is 2.36. The lowest BCUT2D eigenvalue weighted by molar-refractivity contribution is -0.361. The minimum Gasteiger partial charge on any atom is -0.394 e. The van der Waals surface area contributed by atoms with Crippen LogP contribution in [0, 0.1) is 0 Å². The van der Waals surface area contributed by atoms with Gasteiger partial charge in [0.15, 0.2) is 31.3 Å². The Labute approximate surface area is 383 Å². The topological polar surface area (TPSA) is 543 Å². The summed E-state index contributed by atoms with van der Waals surface area (Å²) in [6.07, 6.45) is -37.3. The maximum Gasteiger partial charge on any atom is 0.187 e. The van der Waals surface area contributed by atoms with E-state index in [1.807, 2.05) is 0 Å². The smallest absolute Gasteiger partial charge is 0.187 e. The zero-order valence-electron chi connectivity index (χ0n) is 36.5. The monoisotopic (exact) mass is 980 g/mol. The zero-order valence-corrected chi connectivity index (χ0v) is 36.5. The Hall–Kier alpha value is -1.20. The molecule has 31 atom stereocenters. The van der Waals surface area contributed by atoms with E-state index in [0.29, 0.717) is 0 Å². The van der Waals surface area contributed by atoms with Gasteiger partial charge in [-0.15, -0.1) is 0 Å². The highest BCUT2D eigenvalue weighted by Gasteiger charge is 2.56. The number of aliphatic hydroxyl groups is 12. The third-order valence-electron chi connectivity index (χ3n) is 13.3. The second kappa shape index (κ2) is 23.1. The highest BCUT2D eigenvalue weighted by atomic mass is 17.2. The third-order valence-corrected chi connectivity index (χ3v) is 13.3. The van der Waals surface area contributed by atoms with Crippen LogP contribution in [0.1, 0.15) is 19.8 Å². The number of ether oxygens (including phenoxy) is 8. The Morgan fingerprint density at radius 3 is 1.34 bits per heavy atom. The molecule has 392 valence electrons. The molecule has 0 spiro atoms. The van der Waals surface area contributed by atoms with Crippen LogP contribution in [0.3, 0.4) is 0 Å². The molecule has 30 nitrogen and oxygen atoms in total. The SMILES string of the molecule is C[C@H](N)[C@H]1O[C@@H](OC2C(O)[C@H](N)CC(N)[C@H]2O[C@H]2OC([C@H](O)COOC3C(O)[C@H](OC4C(O)[C@H](N)CC(N)[C@H]4O[C@H]4OC([C@H](O)CO)[C@@H](O)C(O)C4N)O[C@@H]3CN)[C@@H](O)C(O)C2N)C(O)C1O. The predicted molar refractivity (Wildman–Crippen MR) is 218 cm³/mol. The summed E-state index contributed by atoms with van der Waals surface area (Å²) in [7, 11) is 0. The molecule has 6 fully saturated rings. The second-order valence-electron chi connectivity index (χ2n) is 18.3. The third kappa shape index (κ3) is 11.5. The molecule has 2 aliphatic carbocycles. The van der Waals surface area contributed by atoms with Gasteiger partial charge in [-0.1, -0.05) is 0 Å². The lowest BCUT2D eigenvalue weighted by Crippen LogP contribution is -2.68. The van der Waals surface area contributed by atoms with E-state index < -0.39 is 203 Å². The van der Waals surface area contributed by atoms with Crippen LogP contribution in [0.25, 0.3) is 0 Å². The van der Waals surface area contributed by atoms with Gasteiger partial charge in [-0.3, -0.25) is 0 Å². The quantitative estimate of drug-likeness (QED) is 0.0475. The summed E-state index contributed by atoms with van der Waals surface area (Å²) in [6.45, 7) is -0.421. The molecule has 4 aliphatic heterocycles. The van der Waals surface area contributed by atoms with Crippen LogP contribution >= 0.6 is 0 Å². The van der Waals surface area contributed by atoms with Gasteiger partial charge < -0.3 is 145 Å². The summed E-state index contributed by atoms with van der Waals surface area (Å²) in [5, 5.41) is 128. The van der Waals surface area contributed by atoms with Gasteiger partial charge in [0.1, 0.15) is 110 Å². The largest absolute Gasteiger partial charge is 0.394 e. The number of hydrogen-bond acceptors (Lipinski definition) is 30. The van der Waals surface area contributed by atoms with Crippen molar-refractivity contribution in [2.24, 2.45) is 45.9 Å². The first-order chi connectivity index (χ1) is 31.5. The molecule has 0 aromatic rings.